The number of aliphatic carboxylic acids is 1. The third-order valence-electron chi connectivity index (χ3n) is 4.68. The zero-order valence-corrected chi connectivity index (χ0v) is 18.8. The number of hydrogen-bond acceptors (Lipinski definition) is 4. The van der Waals surface area contributed by atoms with Gasteiger partial charge < -0.3 is 15.0 Å². The van der Waals surface area contributed by atoms with Crippen LogP contribution < -0.4 is 5.32 Å². The average Bonchev–Trinajstić information content (AvgIpc) is 3.39. The summed E-state index contributed by atoms with van der Waals surface area (Å²) in [6.07, 6.45) is 6.15. The van der Waals surface area contributed by atoms with Gasteiger partial charge in [-0.15, -0.1) is 11.3 Å². The number of amides is 1. The minimum atomic E-state index is -0.833. The topological polar surface area (TPSA) is 84.2 Å². The molecule has 0 saturated heterocycles. The van der Waals surface area contributed by atoms with Gasteiger partial charge in [-0.05, 0) is 41.6 Å². The summed E-state index contributed by atoms with van der Waals surface area (Å²) >= 11 is 1.71. The standard InChI is InChI=1S/C23H21N3OS.C2H4O2/c1-26-22(17-7-3-2-4-8-17)19(20-10-5-14-25-23(20)26)11-12-21(27)24-15-13-18-9-6-16-28-18;1-2(3)4/h2-12,14,16H,13,15H2,1H3,(H,24,27);1H3,(H,3,4). The fourth-order valence-electron chi connectivity index (χ4n) is 3.38. The van der Waals surface area contributed by atoms with E-state index in [1.807, 2.05) is 49.5 Å². The van der Waals surface area contributed by atoms with Crippen molar-refractivity contribution in [1.82, 2.24) is 14.9 Å². The van der Waals surface area contributed by atoms with E-state index in [4.69, 9.17) is 9.90 Å². The van der Waals surface area contributed by atoms with Gasteiger partial charge in [0.2, 0.25) is 5.91 Å². The zero-order chi connectivity index (χ0) is 22.9. The fourth-order valence-corrected chi connectivity index (χ4v) is 4.09. The smallest absolute Gasteiger partial charge is 0.300 e. The first-order valence-corrected chi connectivity index (χ1v) is 11.0. The van der Waals surface area contributed by atoms with Crippen LogP contribution >= 0.6 is 11.3 Å². The summed E-state index contributed by atoms with van der Waals surface area (Å²) in [5, 5.41) is 13.5. The molecule has 0 unspecified atom stereocenters. The minimum Gasteiger partial charge on any atom is -0.481 e. The predicted molar refractivity (Wildman–Crippen MR) is 130 cm³/mol. The van der Waals surface area contributed by atoms with Gasteiger partial charge in [0.05, 0.1) is 5.69 Å². The molecule has 7 heteroatoms. The van der Waals surface area contributed by atoms with E-state index in [1.54, 1.807) is 23.6 Å². The summed E-state index contributed by atoms with van der Waals surface area (Å²) in [5.74, 6) is -0.920. The molecule has 0 atom stereocenters. The van der Waals surface area contributed by atoms with Crippen molar-refractivity contribution in [3.8, 4) is 11.3 Å². The first kappa shape index (κ1) is 23.0. The number of carboxylic acid groups (broad SMARTS) is 1. The number of nitrogens with one attached hydrogen (secondary N) is 1. The number of carbonyl (C=O) groups is 2. The van der Waals surface area contributed by atoms with Crippen LogP contribution in [-0.2, 0) is 23.1 Å². The molecule has 1 amide bonds. The Kier molecular flexibility index (Phi) is 7.94. The molecular formula is C25H25N3O3S. The number of aromatic nitrogens is 2. The molecule has 0 bridgehead atoms. The number of carbonyl (C=O) groups excluding carboxylic acids is 1. The van der Waals surface area contributed by atoms with Crippen molar-refractivity contribution in [3.05, 3.63) is 82.7 Å². The number of fused-ring (bicyclic) bond motifs is 1. The molecule has 32 heavy (non-hydrogen) atoms. The van der Waals surface area contributed by atoms with Crippen molar-refractivity contribution in [1.29, 1.82) is 0 Å². The zero-order valence-electron chi connectivity index (χ0n) is 18.0. The van der Waals surface area contributed by atoms with Gasteiger partial charge in [-0.2, -0.15) is 0 Å². The van der Waals surface area contributed by atoms with Gasteiger partial charge in [0.15, 0.2) is 0 Å². The largest absolute Gasteiger partial charge is 0.481 e. The molecule has 0 radical (unpaired) electrons. The summed E-state index contributed by atoms with van der Waals surface area (Å²) in [7, 11) is 2.01. The number of nitrogens with zero attached hydrogens (tertiary/aromatic N) is 2. The van der Waals surface area contributed by atoms with Crippen LogP contribution in [0.25, 0.3) is 28.4 Å². The summed E-state index contributed by atoms with van der Waals surface area (Å²) in [6, 6.07) is 18.3. The number of hydrogen-bond donors (Lipinski definition) is 2. The maximum absolute atomic E-state index is 12.3. The summed E-state index contributed by atoms with van der Waals surface area (Å²) in [6.45, 7) is 1.71. The molecule has 1 aromatic carbocycles. The number of aryl methyl sites for hydroxylation is 1. The third kappa shape index (κ3) is 5.92. The number of carboxylic acids is 1. The van der Waals surface area contributed by atoms with Crippen LogP contribution in [0.2, 0.25) is 0 Å². The molecule has 2 N–H and O–H groups in total. The maximum Gasteiger partial charge on any atom is 0.300 e. The molecule has 164 valence electrons. The molecule has 4 aromatic rings. The Balaban J connectivity index is 0.000000668. The maximum atomic E-state index is 12.3. The van der Waals surface area contributed by atoms with E-state index in [2.05, 4.69) is 38.4 Å². The lowest BCUT2D eigenvalue weighted by Gasteiger charge is -2.06. The van der Waals surface area contributed by atoms with Crippen molar-refractivity contribution < 1.29 is 14.7 Å². The van der Waals surface area contributed by atoms with E-state index < -0.39 is 5.97 Å². The number of thiophene rings is 1. The SMILES string of the molecule is CC(=O)O.Cn1c(-c2ccccc2)c(C=CC(=O)NCCc2cccs2)c2cccnc21. The molecule has 6 nitrogen and oxygen atoms in total. The van der Waals surface area contributed by atoms with Crippen LogP contribution in [0.15, 0.2) is 72.3 Å². The summed E-state index contributed by atoms with van der Waals surface area (Å²) in [5.41, 5.74) is 4.06. The van der Waals surface area contributed by atoms with Gasteiger partial charge in [0.1, 0.15) is 5.65 Å². The van der Waals surface area contributed by atoms with Crippen LogP contribution in [0.5, 0.6) is 0 Å². The van der Waals surface area contributed by atoms with Gasteiger partial charge in [0.25, 0.3) is 5.97 Å². The Labute approximate surface area is 190 Å². The third-order valence-corrected chi connectivity index (χ3v) is 5.62. The molecule has 4 rings (SSSR count). The van der Waals surface area contributed by atoms with E-state index in [1.165, 1.54) is 4.88 Å². The Hall–Kier alpha value is -3.71. The van der Waals surface area contributed by atoms with Gasteiger partial charge in [-0.3, -0.25) is 9.59 Å². The number of pyridine rings is 1. The van der Waals surface area contributed by atoms with Gasteiger partial charge >= 0.3 is 0 Å². The van der Waals surface area contributed by atoms with Crippen molar-refractivity contribution >= 4 is 40.3 Å². The summed E-state index contributed by atoms with van der Waals surface area (Å²) in [4.78, 5) is 27.1. The highest BCUT2D eigenvalue weighted by atomic mass is 32.1. The normalized spacial score (nSPS) is 10.7. The molecule has 0 aliphatic rings. The van der Waals surface area contributed by atoms with E-state index in [0.29, 0.717) is 6.54 Å². The molecule has 0 saturated carbocycles. The molecule has 0 aliphatic carbocycles. The lowest BCUT2D eigenvalue weighted by Crippen LogP contribution is -2.23. The lowest BCUT2D eigenvalue weighted by molar-refractivity contribution is -0.134. The van der Waals surface area contributed by atoms with Crippen molar-refractivity contribution in [3.63, 3.8) is 0 Å². The Morgan fingerprint density at radius 3 is 2.56 bits per heavy atom. The monoisotopic (exact) mass is 447 g/mol. The van der Waals surface area contributed by atoms with E-state index in [-0.39, 0.29) is 5.91 Å². The van der Waals surface area contributed by atoms with E-state index in [9.17, 15) is 4.79 Å². The second-order valence-electron chi connectivity index (χ2n) is 7.03. The predicted octanol–water partition coefficient (Wildman–Crippen LogP) is 4.76. The van der Waals surface area contributed by atoms with E-state index >= 15 is 0 Å². The Bertz CT molecular complexity index is 1210. The molecule has 0 spiro atoms. The average molecular weight is 448 g/mol. The van der Waals surface area contributed by atoms with Gasteiger partial charge in [0, 0.05) is 48.6 Å². The van der Waals surface area contributed by atoms with Crippen LogP contribution in [0.1, 0.15) is 17.4 Å². The van der Waals surface area contributed by atoms with Gasteiger partial charge in [-0.1, -0.05) is 36.4 Å². The van der Waals surface area contributed by atoms with Crippen LogP contribution in [0.3, 0.4) is 0 Å². The minimum absolute atomic E-state index is 0.0866. The van der Waals surface area contributed by atoms with Crippen LogP contribution in [0, 0.1) is 0 Å². The molecule has 3 aromatic heterocycles. The summed E-state index contributed by atoms with van der Waals surface area (Å²) < 4.78 is 2.08. The van der Waals surface area contributed by atoms with Crippen molar-refractivity contribution in [2.24, 2.45) is 7.05 Å². The van der Waals surface area contributed by atoms with Crippen LogP contribution in [0.4, 0.5) is 0 Å². The van der Waals surface area contributed by atoms with Crippen molar-refractivity contribution in [2.45, 2.75) is 13.3 Å². The highest BCUT2D eigenvalue weighted by molar-refractivity contribution is 7.09. The first-order valence-electron chi connectivity index (χ1n) is 10.1. The highest BCUT2D eigenvalue weighted by Gasteiger charge is 2.15. The molecular weight excluding hydrogens is 422 g/mol. The van der Waals surface area contributed by atoms with Crippen molar-refractivity contribution in [2.75, 3.05) is 6.54 Å². The molecule has 3 heterocycles. The second kappa shape index (κ2) is 11.1. The van der Waals surface area contributed by atoms with Crippen LogP contribution in [-0.4, -0.2) is 33.1 Å². The fraction of sp³-hybridized carbons (Fsp3) is 0.160. The lowest BCUT2D eigenvalue weighted by atomic mass is 10.1. The quantitative estimate of drug-likeness (QED) is 0.417. The van der Waals surface area contributed by atoms with E-state index in [0.717, 1.165) is 41.2 Å². The molecule has 0 fully saturated rings. The Morgan fingerprint density at radius 2 is 1.88 bits per heavy atom. The first-order chi connectivity index (χ1) is 15.5. The number of benzene rings is 1. The number of rotatable bonds is 6. The molecule has 0 aliphatic heterocycles. The Morgan fingerprint density at radius 1 is 1.12 bits per heavy atom. The highest BCUT2D eigenvalue weighted by Crippen LogP contribution is 2.32. The van der Waals surface area contributed by atoms with Gasteiger partial charge in [-0.25, -0.2) is 4.98 Å². The second-order valence-corrected chi connectivity index (χ2v) is 8.07.